The number of nitrogens with one attached hydrogen (secondary N) is 1. The number of fused-ring (bicyclic) bond motifs is 1. The maximum atomic E-state index is 12.1. The normalized spacial score (nSPS) is 40.1. The summed E-state index contributed by atoms with van der Waals surface area (Å²) in [6.45, 7) is 0.671. The van der Waals surface area contributed by atoms with Crippen molar-refractivity contribution < 1.29 is 9.59 Å². The summed E-state index contributed by atoms with van der Waals surface area (Å²) in [7, 11) is 1.81. The molecule has 3 atom stereocenters. The molecule has 1 aliphatic heterocycles. The third-order valence-electron chi connectivity index (χ3n) is 4.59. The van der Waals surface area contributed by atoms with Crippen LogP contribution in [0.1, 0.15) is 32.1 Å². The molecule has 3 fully saturated rings. The van der Waals surface area contributed by atoms with Crippen LogP contribution in [0.5, 0.6) is 0 Å². The van der Waals surface area contributed by atoms with Crippen LogP contribution in [0.15, 0.2) is 0 Å². The predicted molar refractivity (Wildman–Crippen MR) is 63.1 cm³/mol. The number of nitrogens with zero attached hydrogens (tertiary/aromatic N) is 1. The van der Waals surface area contributed by atoms with Crippen molar-refractivity contribution in [1.29, 1.82) is 0 Å². The largest absolute Gasteiger partial charge is 0.351 e. The molecule has 0 aromatic rings. The Morgan fingerprint density at radius 2 is 2.00 bits per heavy atom. The summed E-state index contributed by atoms with van der Waals surface area (Å²) in [4.78, 5) is 25.1. The summed E-state index contributed by atoms with van der Waals surface area (Å²) in [6, 6.07) is 0.169. The van der Waals surface area contributed by atoms with Gasteiger partial charge >= 0.3 is 0 Å². The van der Waals surface area contributed by atoms with E-state index < -0.39 is 0 Å². The second-order valence-corrected chi connectivity index (χ2v) is 5.94. The molecule has 0 spiro atoms. The summed E-state index contributed by atoms with van der Waals surface area (Å²) < 4.78 is 0. The Kier molecular flexibility index (Phi) is 2.60. The van der Waals surface area contributed by atoms with Crippen molar-refractivity contribution in [3.63, 3.8) is 0 Å². The van der Waals surface area contributed by atoms with Gasteiger partial charge < -0.3 is 10.2 Å². The number of carbonyl (C=O) groups is 2. The molecular weight excluding hydrogens is 216 g/mol. The van der Waals surface area contributed by atoms with Crippen LogP contribution < -0.4 is 5.32 Å². The van der Waals surface area contributed by atoms with Crippen LogP contribution in [-0.4, -0.2) is 36.3 Å². The monoisotopic (exact) mass is 236 g/mol. The molecule has 2 saturated carbocycles. The van der Waals surface area contributed by atoms with Crippen LogP contribution in [-0.2, 0) is 9.59 Å². The Balaban J connectivity index is 1.49. The number of piperidine rings is 1. The highest BCUT2D eigenvalue weighted by molar-refractivity contribution is 5.80. The summed E-state index contributed by atoms with van der Waals surface area (Å²) >= 11 is 0. The molecule has 3 unspecified atom stereocenters. The second-order valence-electron chi connectivity index (χ2n) is 5.94. The zero-order valence-corrected chi connectivity index (χ0v) is 10.3. The maximum Gasteiger partial charge on any atom is 0.223 e. The first kappa shape index (κ1) is 11.1. The highest BCUT2D eigenvalue weighted by atomic mass is 16.2. The predicted octanol–water partition coefficient (Wildman–Crippen LogP) is 0.769. The Morgan fingerprint density at radius 3 is 2.65 bits per heavy atom. The molecule has 0 aromatic carbocycles. The van der Waals surface area contributed by atoms with Gasteiger partial charge in [-0.25, -0.2) is 0 Å². The zero-order valence-electron chi connectivity index (χ0n) is 10.3. The number of likely N-dealkylation sites (N-methyl/N-ethyl adjacent to an activating group) is 1. The quantitative estimate of drug-likeness (QED) is 0.770. The van der Waals surface area contributed by atoms with Crippen LogP contribution in [0.2, 0.25) is 0 Å². The molecule has 4 heteroatoms. The lowest BCUT2D eigenvalue weighted by Crippen LogP contribution is -2.49. The van der Waals surface area contributed by atoms with Crippen molar-refractivity contribution in [3.05, 3.63) is 0 Å². The lowest BCUT2D eigenvalue weighted by Gasteiger charge is -2.31. The van der Waals surface area contributed by atoms with E-state index in [-0.39, 0.29) is 23.8 Å². The van der Waals surface area contributed by atoms with Crippen LogP contribution >= 0.6 is 0 Å². The smallest absolute Gasteiger partial charge is 0.223 e. The molecule has 3 aliphatic rings. The molecule has 4 nitrogen and oxygen atoms in total. The van der Waals surface area contributed by atoms with Gasteiger partial charge in [-0.05, 0) is 37.5 Å². The van der Waals surface area contributed by atoms with Crippen LogP contribution in [0.4, 0.5) is 0 Å². The fourth-order valence-electron chi connectivity index (χ4n) is 3.38. The Morgan fingerprint density at radius 1 is 1.29 bits per heavy atom. The number of hydrogen-bond acceptors (Lipinski definition) is 2. The lowest BCUT2D eigenvalue weighted by molar-refractivity contribution is -0.134. The van der Waals surface area contributed by atoms with E-state index in [0.29, 0.717) is 13.0 Å². The van der Waals surface area contributed by atoms with E-state index in [1.165, 1.54) is 6.42 Å². The molecule has 1 N–H and O–H groups in total. The average Bonchev–Trinajstić information content (AvgIpc) is 2.91. The van der Waals surface area contributed by atoms with Crippen molar-refractivity contribution in [2.45, 2.75) is 38.1 Å². The van der Waals surface area contributed by atoms with Gasteiger partial charge in [-0.1, -0.05) is 0 Å². The van der Waals surface area contributed by atoms with E-state index in [1.807, 2.05) is 7.05 Å². The van der Waals surface area contributed by atoms with Gasteiger partial charge in [0.2, 0.25) is 11.8 Å². The molecule has 94 valence electrons. The number of hydrogen-bond donors (Lipinski definition) is 1. The summed E-state index contributed by atoms with van der Waals surface area (Å²) in [5.41, 5.74) is 0. The van der Waals surface area contributed by atoms with Gasteiger partial charge in [0.25, 0.3) is 0 Å². The lowest BCUT2D eigenvalue weighted by atomic mass is 10.0. The van der Waals surface area contributed by atoms with E-state index in [9.17, 15) is 9.59 Å². The van der Waals surface area contributed by atoms with Gasteiger partial charge in [0.1, 0.15) is 0 Å². The minimum Gasteiger partial charge on any atom is -0.351 e. The van der Waals surface area contributed by atoms with E-state index >= 15 is 0 Å². The summed E-state index contributed by atoms with van der Waals surface area (Å²) in [5.74, 6) is 2.37. The van der Waals surface area contributed by atoms with E-state index in [2.05, 4.69) is 5.32 Å². The minimum absolute atomic E-state index is 0.169. The maximum absolute atomic E-state index is 12.1. The molecule has 2 amide bonds. The van der Waals surface area contributed by atoms with Gasteiger partial charge in [-0.2, -0.15) is 0 Å². The molecule has 0 aromatic heterocycles. The second kappa shape index (κ2) is 4.00. The highest BCUT2D eigenvalue weighted by Gasteiger charge is 2.48. The highest BCUT2D eigenvalue weighted by Crippen LogP contribution is 2.54. The van der Waals surface area contributed by atoms with Gasteiger partial charge in [0.05, 0.1) is 0 Å². The minimum atomic E-state index is 0.169. The van der Waals surface area contributed by atoms with Gasteiger partial charge in [0, 0.05) is 32.0 Å². The SMILES string of the molecule is CN1CC(NC(=O)C2CC3CC3C2)CCC1=O. The van der Waals surface area contributed by atoms with Crippen LogP contribution in [0.25, 0.3) is 0 Å². The van der Waals surface area contributed by atoms with Gasteiger partial charge in [0.15, 0.2) is 0 Å². The van der Waals surface area contributed by atoms with Gasteiger partial charge in [-0.15, -0.1) is 0 Å². The van der Waals surface area contributed by atoms with Gasteiger partial charge in [-0.3, -0.25) is 9.59 Å². The van der Waals surface area contributed by atoms with Crippen molar-refractivity contribution in [3.8, 4) is 0 Å². The number of rotatable bonds is 2. The van der Waals surface area contributed by atoms with Crippen LogP contribution in [0.3, 0.4) is 0 Å². The van der Waals surface area contributed by atoms with E-state index in [4.69, 9.17) is 0 Å². The number of carbonyl (C=O) groups excluding carboxylic acids is 2. The first-order chi connectivity index (χ1) is 8.13. The van der Waals surface area contributed by atoms with E-state index in [1.54, 1.807) is 4.90 Å². The van der Waals surface area contributed by atoms with E-state index in [0.717, 1.165) is 31.1 Å². The number of likely N-dealkylation sites (tertiary alicyclic amines) is 1. The van der Waals surface area contributed by atoms with Crippen molar-refractivity contribution in [1.82, 2.24) is 10.2 Å². The molecule has 3 rings (SSSR count). The number of amides is 2. The molecule has 2 aliphatic carbocycles. The first-order valence-electron chi connectivity index (χ1n) is 6.68. The Bertz CT molecular complexity index is 345. The fraction of sp³-hybridized carbons (Fsp3) is 0.846. The summed E-state index contributed by atoms with van der Waals surface area (Å²) in [5, 5.41) is 3.12. The average molecular weight is 236 g/mol. The Labute approximate surface area is 102 Å². The Hall–Kier alpha value is -1.06. The molecular formula is C13H20N2O2. The molecule has 0 bridgehead atoms. The zero-order chi connectivity index (χ0) is 12.0. The molecule has 1 saturated heterocycles. The fourth-order valence-corrected chi connectivity index (χ4v) is 3.38. The third-order valence-corrected chi connectivity index (χ3v) is 4.59. The topological polar surface area (TPSA) is 49.4 Å². The summed E-state index contributed by atoms with van der Waals surface area (Å²) in [6.07, 6.45) is 4.91. The molecule has 1 heterocycles. The van der Waals surface area contributed by atoms with Crippen molar-refractivity contribution >= 4 is 11.8 Å². The first-order valence-corrected chi connectivity index (χ1v) is 6.68. The van der Waals surface area contributed by atoms with Crippen molar-refractivity contribution in [2.24, 2.45) is 17.8 Å². The van der Waals surface area contributed by atoms with Crippen molar-refractivity contribution in [2.75, 3.05) is 13.6 Å². The molecule has 17 heavy (non-hydrogen) atoms. The standard InChI is InChI=1S/C13H20N2O2/c1-15-7-11(2-3-12(15)16)14-13(17)10-5-8-4-9(8)6-10/h8-11H,2-7H2,1H3,(H,14,17). The third kappa shape index (κ3) is 2.17. The molecule has 0 radical (unpaired) electrons. The van der Waals surface area contributed by atoms with Crippen LogP contribution in [0, 0.1) is 17.8 Å².